The summed E-state index contributed by atoms with van der Waals surface area (Å²) in [6.45, 7) is 2.14. The van der Waals surface area contributed by atoms with Crippen LogP contribution in [0.4, 0.5) is 0 Å². The third kappa shape index (κ3) is 3.39. The van der Waals surface area contributed by atoms with Gasteiger partial charge < -0.3 is 0 Å². The number of hydrogen-bond acceptors (Lipinski definition) is 5. The number of fused-ring (bicyclic) bond motifs is 1. The van der Waals surface area contributed by atoms with Gasteiger partial charge in [0.2, 0.25) is 0 Å². The second-order valence-corrected chi connectivity index (χ2v) is 8.20. The number of thiophene rings is 1. The van der Waals surface area contributed by atoms with E-state index in [-0.39, 0.29) is 11.9 Å². The van der Waals surface area contributed by atoms with Crippen molar-refractivity contribution in [2.24, 2.45) is 5.10 Å². The number of aryl methyl sites for hydroxylation is 1. The third-order valence-electron chi connectivity index (χ3n) is 5.42. The number of carbonyl (C=O) groups is 1. The molecule has 5 rings (SSSR count). The molecule has 0 saturated heterocycles. The molecule has 1 amide bonds. The molecule has 2 aromatic carbocycles. The SMILES string of the molecule is CCc1ccc(C2=NN(C(=O)c3cccs3)[C@H](c3ccc4nccnc4c3)C2)cc1. The first kappa shape index (κ1) is 18.6. The van der Waals surface area contributed by atoms with Gasteiger partial charge in [0.15, 0.2) is 0 Å². The molecular formula is C24H20N4OS. The lowest BCUT2D eigenvalue weighted by atomic mass is 9.97. The van der Waals surface area contributed by atoms with Gasteiger partial charge in [-0.3, -0.25) is 14.8 Å². The van der Waals surface area contributed by atoms with Crippen molar-refractivity contribution in [2.45, 2.75) is 25.8 Å². The molecule has 1 aliphatic heterocycles. The molecule has 2 aromatic heterocycles. The molecule has 1 atom stereocenters. The highest BCUT2D eigenvalue weighted by atomic mass is 32.1. The summed E-state index contributed by atoms with van der Waals surface area (Å²) >= 11 is 1.44. The van der Waals surface area contributed by atoms with E-state index >= 15 is 0 Å². The molecule has 1 aliphatic rings. The highest BCUT2D eigenvalue weighted by Crippen LogP contribution is 2.35. The Bertz CT molecular complexity index is 1230. The quantitative estimate of drug-likeness (QED) is 0.460. The van der Waals surface area contributed by atoms with Crippen molar-refractivity contribution < 1.29 is 4.79 Å². The number of aromatic nitrogens is 2. The first-order valence-corrected chi connectivity index (χ1v) is 10.9. The van der Waals surface area contributed by atoms with Crippen LogP contribution in [-0.4, -0.2) is 26.6 Å². The zero-order valence-corrected chi connectivity index (χ0v) is 17.3. The van der Waals surface area contributed by atoms with Gasteiger partial charge in [0, 0.05) is 18.8 Å². The number of benzene rings is 2. The van der Waals surface area contributed by atoms with Crippen molar-refractivity contribution >= 4 is 34.0 Å². The first-order valence-electron chi connectivity index (χ1n) is 9.97. The minimum absolute atomic E-state index is 0.0746. The average Bonchev–Trinajstić information content (AvgIpc) is 3.49. The number of carbonyl (C=O) groups excluding carboxylic acids is 1. The Labute approximate surface area is 178 Å². The monoisotopic (exact) mass is 412 g/mol. The summed E-state index contributed by atoms with van der Waals surface area (Å²) in [5, 5.41) is 8.32. The third-order valence-corrected chi connectivity index (χ3v) is 6.28. The highest BCUT2D eigenvalue weighted by Gasteiger charge is 2.34. The van der Waals surface area contributed by atoms with Gasteiger partial charge >= 0.3 is 0 Å². The number of rotatable bonds is 4. The fraction of sp³-hybridized carbons (Fsp3) is 0.167. The van der Waals surface area contributed by atoms with Crippen LogP contribution in [-0.2, 0) is 6.42 Å². The molecule has 0 unspecified atom stereocenters. The summed E-state index contributed by atoms with van der Waals surface area (Å²) in [7, 11) is 0. The van der Waals surface area contributed by atoms with Gasteiger partial charge in [0.1, 0.15) is 0 Å². The molecule has 5 nitrogen and oxygen atoms in total. The Hall–Kier alpha value is -3.38. The van der Waals surface area contributed by atoms with Gasteiger partial charge in [0.25, 0.3) is 5.91 Å². The van der Waals surface area contributed by atoms with E-state index < -0.39 is 0 Å². The molecule has 0 saturated carbocycles. The largest absolute Gasteiger partial charge is 0.284 e. The van der Waals surface area contributed by atoms with Crippen molar-refractivity contribution in [3.8, 4) is 0 Å². The van der Waals surface area contributed by atoms with Crippen molar-refractivity contribution in [1.82, 2.24) is 15.0 Å². The summed E-state index contributed by atoms with van der Waals surface area (Å²) < 4.78 is 0. The minimum atomic E-state index is -0.174. The van der Waals surface area contributed by atoms with E-state index in [2.05, 4.69) is 41.2 Å². The van der Waals surface area contributed by atoms with E-state index in [0.29, 0.717) is 11.3 Å². The van der Waals surface area contributed by atoms with Gasteiger partial charge in [0.05, 0.1) is 27.7 Å². The predicted molar refractivity (Wildman–Crippen MR) is 120 cm³/mol. The molecule has 148 valence electrons. The number of amides is 1. The van der Waals surface area contributed by atoms with Gasteiger partial charge in [-0.05, 0) is 46.7 Å². The second-order valence-electron chi connectivity index (χ2n) is 7.25. The van der Waals surface area contributed by atoms with Crippen molar-refractivity contribution in [3.63, 3.8) is 0 Å². The molecule has 30 heavy (non-hydrogen) atoms. The predicted octanol–water partition coefficient (Wildman–Crippen LogP) is 5.25. The molecular weight excluding hydrogens is 392 g/mol. The maximum Gasteiger partial charge on any atom is 0.284 e. The second kappa shape index (κ2) is 7.80. The van der Waals surface area contributed by atoms with Crippen LogP contribution in [0, 0.1) is 0 Å². The summed E-state index contributed by atoms with van der Waals surface area (Å²) in [4.78, 5) is 22.7. The molecule has 0 aliphatic carbocycles. The maximum atomic E-state index is 13.2. The Morgan fingerprint density at radius 1 is 1.07 bits per heavy atom. The van der Waals surface area contributed by atoms with Crippen molar-refractivity contribution in [2.75, 3.05) is 0 Å². The molecule has 0 spiro atoms. The highest BCUT2D eigenvalue weighted by molar-refractivity contribution is 7.12. The van der Waals surface area contributed by atoms with Crippen LogP contribution in [0.2, 0.25) is 0 Å². The molecule has 0 N–H and O–H groups in total. The molecule has 0 fully saturated rings. The zero-order chi connectivity index (χ0) is 20.5. The fourth-order valence-electron chi connectivity index (χ4n) is 3.77. The van der Waals surface area contributed by atoms with E-state index in [0.717, 1.165) is 34.3 Å². The summed E-state index contributed by atoms with van der Waals surface area (Å²) in [6, 6.07) is 18.0. The summed E-state index contributed by atoms with van der Waals surface area (Å²) in [5.41, 5.74) is 5.93. The van der Waals surface area contributed by atoms with Gasteiger partial charge in [-0.25, -0.2) is 5.01 Å². The Kier molecular flexibility index (Phi) is 4.85. The lowest BCUT2D eigenvalue weighted by Crippen LogP contribution is -2.26. The topological polar surface area (TPSA) is 58.5 Å². The van der Waals surface area contributed by atoms with Crippen molar-refractivity contribution in [3.05, 3.63) is 93.9 Å². The van der Waals surface area contributed by atoms with Crippen LogP contribution in [0.25, 0.3) is 11.0 Å². The van der Waals surface area contributed by atoms with E-state index in [1.807, 2.05) is 35.7 Å². The van der Waals surface area contributed by atoms with Crippen molar-refractivity contribution in [1.29, 1.82) is 0 Å². The number of hydrogen-bond donors (Lipinski definition) is 0. The lowest BCUT2D eigenvalue weighted by Gasteiger charge is -2.21. The summed E-state index contributed by atoms with van der Waals surface area (Å²) in [6.07, 6.45) is 5.03. The van der Waals surface area contributed by atoms with Crippen LogP contribution in [0.3, 0.4) is 0 Å². The smallest absolute Gasteiger partial charge is 0.266 e. The van der Waals surface area contributed by atoms with Crippen LogP contribution < -0.4 is 0 Å². The average molecular weight is 413 g/mol. The summed E-state index contributed by atoms with van der Waals surface area (Å²) in [5.74, 6) is -0.0746. The Balaban J connectivity index is 1.54. The van der Waals surface area contributed by atoms with Crippen LogP contribution >= 0.6 is 11.3 Å². The lowest BCUT2D eigenvalue weighted by molar-refractivity contribution is 0.0716. The van der Waals surface area contributed by atoms with E-state index in [4.69, 9.17) is 5.10 Å². The van der Waals surface area contributed by atoms with Crippen LogP contribution in [0.5, 0.6) is 0 Å². The molecule has 6 heteroatoms. The van der Waals surface area contributed by atoms with Gasteiger partial charge in [-0.2, -0.15) is 5.10 Å². The van der Waals surface area contributed by atoms with Gasteiger partial charge in [-0.1, -0.05) is 43.3 Å². The molecule has 4 aromatic rings. The minimum Gasteiger partial charge on any atom is -0.266 e. The Morgan fingerprint density at radius 3 is 2.60 bits per heavy atom. The molecule has 0 radical (unpaired) electrons. The van der Waals surface area contributed by atoms with Crippen LogP contribution in [0.1, 0.15) is 45.7 Å². The van der Waals surface area contributed by atoms with Gasteiger partial charge in [-0.15, -0.1) is 11.3 Å². The zero-order valence-electron chi connectivity index (χ0n) is 16.5. The fourth-order valence-corrected chi connectivity index (χ4v) is 4.42. The number of hydrazone groups is 1. The molecule has 3 heterocycles. The molecule has 0 bridgehead atoms. The standard InChI is InChI=1S/C24H20N4OS/c1-2-16-5-7-17(8-6-16)20-15-22(28(27-20)24(29)23-4-3-13-30-23)18-9-10-19-21(14-18)26-12-11-25-19/h3-14,22H,2,15H2,1H3/t22-/m0/s1. The van der Waals surface area contributed by atoms with Crippen LogP contribution in [0.15, 0.2) is 77.5 Å². The van der Waals surface area contributed by atoms with E-state index in [1.54, 1.807) is 17.4 Å². The Morgan fingerprint density at radius 2 is 1.87 bits per heavy atom. The maximum absolute atomic E-state index is 13.2. The normalized spacial score (nSPS) is 16.1. The van der Waals surface area contributed by atoms with E-state index in [1.165, 1.54) is 16.9 Å². The number of nitrogens with zero attached hydrogens (tertiary/aromatic N) is 4. The van der Waals surface area contributed by atoms with E-state index in [9.17, 15) is 4.79 Å². The first-order chi connectivity index (χ1) is 14.7.